The van der Waals surface area contributed by atoms with Crippen molar-refractivity contribution in [2.24, 2.45) is 0 Å². The number of rotatable bonds is 7. The molecule has 1 aliphatic carbocycles. The molecule has 15 heteroatoms. The standard InChI is InChI=1S/C18H17ClF4N4O6/c19-14-12(20)3-11(4-24-14)29-7-13(28)25-9-5-30-17(31-6-9)16-27-26-15(32-16)8-1-10(2-8)33-18(21,22)23/h3-4,8-10,17H,1-2,5-7H2,(H,25,28)/t8-,9-,10+,17-. The third-order valence-electron chi connectivity index (χ3n) is 4.81. The second-order valence-corrected chi connectivity index (χ2v) is 7.69. The van der Waals surface area contributed by atoms with Crippen molar-refractivity contribution in [2.75, 3.05) is 19.8 Å². The molecular formula is C18H17ClF4N4O6. The van der Waals surface area contributed by atoms with Gasteiger partial charge in [-0.25, -0.2) is 9.37 Å². The summed E-state index contributed by atoms with van der Waals surface area (Å²) in [7, 11) is 0. The number of nitrogens with zero attached hydrogens (tertiary/aromatic N) is 3. The lowest BCUT2D eigenvalue weighted by atomic mass is 9.82. The number of aromatic nitrogens is 3. The van der Waals surface area contributed by atoms with E-state index in [-0.39, 0.29) is 54.7 Å². The van der Waals surface area contributed by atoms with Crippen LogP contribution in [0.4, 0.5) is 17.6 Å². The Bertz CT molecular complexity index is 979. The summed E-state index contributed by atoms with van der Waals surface area (Å²) in [5.74, 6) is -1.36. The lowest BCUT2D eigenvalue weighted by molar-refractivity contribution is -0.352. The number of ether oxygens (including phenoxy) is 4. The van der Waals surface area contributed by atoms with Gasteiger partial charge in [-0.2, -0.15) is 0 Å². The highest BCUT2D eigenvalue weighted by Crippen LogP contribution is 2.41. The summed E-state index contributed by atoms with van der Waals surface area (Å²) in [4.78, 5) is 15.6. The normalized spacial score (nSPS) is 25.4. The average Bonchev–Trinajstić information content (AvgIpc) is 3.21. The summed E-state index contributed by atoms with van der Waals surface area (Å²) in [6.45, 7) is -0.261. The molecule has 0 bridgehead atoms. The van der Waals surface area contributed by atoms with Gasteiger partial charge >= 0.3 is 6.36 Å². The molecule has 0 spiro atoms. The summed E-state index contributed by atoms with van der Waals surface area (Å²) in [6, 6.07) is 0.512. The number of carbonyl (C=O) groups excluding carboxylic acids is 1. The van der Waals surface area contributed by atoms with E-state index in [2.05, 4.69) is 25.2 Å². The number of hydrogen-bond donors (Lipinski definition) is 1. The summed E-state index contributed by atoms with van der Waals surface area (Å²) < 4.78 is 75.4. The van der Waals surface area contributed by atoms with Crippen LogP contribution < -0.4 is 10.1 Å². The zero-order chi connectivity index (χ0) is 23.6. The lowest BCUT2D eigenvalue weighted by Gasteiger charge is -2.33. The smallest absolute Gasteiger partial charge is 0.482 e. The predicted octanol–water partition coefficient (Wildman–Crippen LogP) is 2.65. The van der Waals surface area contributed by atoms with E-state index < -0.39 is 43.1 Å². The van der Waals surface area contributed by atoms with Crippen LogP contribution in [0.5, 0.6) is 5.75 Å². The second kappa shape index (κ2) is 9.75. The zero-order valence-corrected chi connectivity index (χ0v) is 17.4. The summed E-state index contributed by atoms with van der Waals surface area (Å²) in [5.41, 5.74) is 0. The SMILES string of the molecule is O=C(COc1cnc(Cl)c(F)c1)N[C@H]1CO[C@H](c2nnc([C@H]3C[C@@H](OC(F)(F)F)C3)o2)OC1. The topological polar surface area (TPSA) is 118 Å². The maximum atomic E-state index is 13.3. The van der Waals surface area contributed by atoms with Crippen LogP contribution in [0.2, 0.25) is 5.15 Å². The Hall–Kier alpha value is -2.55. The first kappa shape index (κ1) is 23.6. The van der Waals surface area contributed by atoms with Crippen molar-refractivity contribution in [1.29, 1.82) is 0 Å². The number of nitrogens with one attached hydrogen (secondary N) is 1. The van der Waals surface area contributed by atoms with Crippen molar-refractivity contribution in [3.63, 3.8) is 0 Å². The fourth-order valence-corrected chi connectivity index (χ4v) is 3.29. The molecule has 1 aliphatic heterocycles. The van der Waals surface area contributed by atoms with Gasteiger partial charge in [-0.3, -0.25) is 9.53 Å². The first-order valence-electron chi connectivity index (χ1n) is 9.70. The summed E-state index contributed by atoms with van der Waals surface area (Å²) in [5, 5.41) is 9.98. The summed E-state index contributed by atoms with van der Waals surface area (Å²) >= 11 is 5.48. The lowest BCUT2D eigenvalue weighted by Crippen LogP contribution is -2.46. The molecule has 180 valence electrons. The maximum Gasteiger partial charge on any atom is 0.522 e. The molecular weight excluding hydrogens is 480 g/mol. The molecule has 4 rings (SSSR count). The molecule has 1 N–H and O–H groups in total. The highest BCUT2D eigenvalue weighted by molar-refractivity contribution is 6.29. The quantitative estimate of drug-likeness (QED) is 0.456. The van der Waals surface area contributed by atoms with Gasteiger partial charge in [-0.05, 0) is 12.8 Å². The van der Waals surface area contributed by atoms with Gasteiger partial charge in [0.15, 0.2) is 17.6 Å². The summed E-state index contributed by atoms with van der Waals surface area (Å²) in [6.07, 6.45) is -5.17. The van der Waals surface area contributed by atoms with E-state index in [1.807, 2.05) is 0 Å². The largest absolute Gasteiger partial charge is 0.522 e. The second-order valence-electron chi connectivity index (χ2n) is 7.33. The molecule has 2 fully saturated rings. The Morgan fingerprint density at radius 1 is 1.21 bits per heavy atom. The number of hydrogen-bond acceptors (Lipinski definition) is 9. The number of amides is 1. The van der Waals surface area contributed by atoms with Crippen LogP contribution in [0.1, 0.15) is 36.8 Å². The number of pyridine rings is 1. The van der Waals surface area contributed by atoms with Crippen LogP contribution in [0.15, 0.2) is 16.7 Å². The fourth-order valence-electron chi connectivity index (χ4n) is 3.19. The molecule has 2 aromatic heterocycles. The number of halogens is 5. The van der Waals surface area contributed by atoms with Gasteiger partial charge in [-0.15, -0.1) is 23.4 Å². The molecule has 1 amide bonds. The van der Waals surface area contributed by atoms with Gasteiger partial charge in [0.25, 0.3) is 11.8 Å². The molecule has 0 unspecified atom stereocenters. The average molecular weight is 497 g/mol. The van der Waals surface area contributed by atoms with E-state index in [1.165, 1.54) is 6.20 Å². The van der Waals surface area contributed by atoms with Crippen LogP contribution in [0.3, 0.4) is 0 Å². The van der Waals surface area contributed by atoms with E-state index in [0.717, 1.165) is 6.07 Å². The molecule has 10 nitrogen and oxygen atoms in total. The van der Waals surface area contributed by atoms with Gasteiger partial charge in [0.05, 0.1) is 31.6 Å². The highest BCUT2D eigenvalue weighted by atomic mass is 35.5. The van der Waals surface area contributed by atoms with E-state index in [4.69, 9.17) is 30.2 Å². The first-order chi connectivity index (χ1) is 15.7. The molecule has 1 saturated heterocycles. The molecule has 0 radical (unpaired) electrons. The van der Waals surface area contributed by atoms with Crippen molar-refractivity contribution in [3.8, 4) is 5.75 Å². The van der Waals surface area contributed by atoms with Gasteiger partial charge < -0.3 is 23.9 Å². The van der Waals surface area contributed by atoms with E-state index >= 15 is 0 Å². The Balaban J connectivity index is 1.18. The van der Waals surface area contributed by atoms with E-state index in [1.54, 1.807) is 0 Å². The van der Waals surface area contributed by atoms with Gasteiger partial charge in [0.1, 0.15) is 5.75 Å². The minimum Gasteiger partial charge on any atom is -0.482 e. The molecule has 1 saturated carbocycles. The maximum absolute atomic E-state index is 13.3. The Morgan fingerprint density at radius 3 is 2.58 bits per heavy atom. The Morgan fingerprint density at radius 2 is 1.91 bits per heavy atom. The Kier molecular flexibility index (Phi) is 6.97. The molecule has 0 atom stereocenters. The highest BCUT2D eigenvalue weighted by Gasteiger charge is 2.43. The minimum atomic E-state index is -4.68. The van der Waals surface area contributed by atoms with Crippen LogP contribution in [0, 0.1) is 5.82 Å². The molecule has 33 heavy (non-hydrogen) atoms. The number of alkyl halides is 3. The first-order valence-corrected chi connectivity index (χ1v) is 10.1. The van der Waals surface area contributed by atoms with E-state index in [9.17, 15) is 22.4 Å². The molecule has 3 heterocycles. The Labute approximate surface area is 188 Å². The third kappa shape index (κ3) is 6.28. The van der Waals surface area contributed by atoms with Crippen molar-refractivity contribution >= 4 is 17.5 Å². The van der Waals surface area contributed by atoms with Crippen molar-refractivity contribution < 1.29 is 45.7 Å². The van der Waals surface area contributed by atoms with Crippen LogP contribution in [-0.4, -0.2) is 59.4 Å². The fraction of sp³-hybridized carbons (Fsp3) is 0.556. The van der Waals surface area contributed by atoms with Gasteiger partial charge in [-0.1, -0.05) is 11.6 Å². The predicted molar refractivity (Wildman–Crippen MR) is 98.5 cm³/mol. The third-order valence-corrected chi connectivity index (χ3v) is 5.08. The molecule has 0 aromatic carbocycles. The minimum absolute atomic E-state index is 0.0237. The van der Waals surface area contributed by atoms with Crippen LogP contribution in [0.25, 0.3) is 0 Å². The van der Waals surface area contributed by atoms with E-state index in [0.29, 0.717) is 0 Å². The monoisotopic (exact) mass is 496 g/mol. The van der Waals surface area contributed by atoms with Crippen molar-refractivity contribution in [1.82, 2.24) is 20.5 Å². The van der Waals surface area contributed by atoms with Crippen LogP contribution >= 0.6 is 11.6 Å². The van der Waals surface area contributed by atoms with Gasteiger partial charge in [0, 0.05) is 12.0 Å². The van der Waals surface area contributed by atoms with Crippen molar-refractivity contribution in [2.45, 2.75) is 43.6 Å². The van der Waals surface area contributed by atoms with Crippen LogP contribution in [-0.2, 0) is 19.0 Å². The van der Waals surface area contributed by atoms with Gasteiger partial charge in [0.2, 0.25) is 12.2 Å². The van der Waals surface area contributed by atoms with Crippen molar-refractivity contribution in [3.05, 3.63) is 35.0 Å². The molecule has 2 aromatic rings. The zero-order valence-electron chi connectivity index (χ0n) is 16.7. The number of carbonyl (C=O) groups is 1. The molecule has 2 aliphatic rings.